The number of aliphatic hydroxyl groups excluding tert-OH is 8. The van der Waals surface area contributed by atoms with E-state index in [1.54, 1.807) is 0 Å². The number of amides is 1. The lowest BCUT2D eigenvalue weighted by molar-refractivity contribution is -0.359. The predicted molar refractivity (Wildman–Crippen MR) is 231 cm³/mol. The third-order valence-electron chi connectivity index (χ3n) is 11.4. The summed E-state index contributed by atoms with van der Waals surface area (Å²) in [6.07, 6.45) is 19.3. The Morgan fingerprint density at radius 3 is 1.68 bits per heavy atom. The zero-order valence-corrected chi connectivity index (χ0v) is 36.7. The van der Waals surface area contributed by atoms with E-state index in [0.717, 1.165) is 83.5 Å². The minimum absolute atomic E-state index is 0.229. The van der Waals surface area contributed by atoms with Crippen molar-refractivity contribution in [3.63, 3.8) is 0 Å². The Bertz CT molecular complexity index is 1150. The van der Waals surface area contributed by atoms with Crippen LogP contribution in [0.3, 0.4) is 0 Å². The second-order valence-corrected chi connectivity index (χ2v) is 16.5. The summed E-state index contributed by atoms with van der Waals surface area (Å²) in [5.74, 6) is -0.229. The van der Waals surface area contributed by atoms with Gasteiger partial charge >= 0.3 is 0 Å². The van der Waals surface area contributed by atoms with Gasteiger partial charge in [-0.1, -0.05) is 134 Å². The maximum Gasteiger partial charge on any atom is 0.220 e. The number of ether oxygens (including phenoxy) is 4. The Balaban J connectivity index is 1.75. The summed E-state index contributed by atoms with van der Waals surface area (Å²) in [4.78, 5) is 13.0. The molecule has 14 heteroatoms. The van der Waals surface area contributed by atoms with E-state index in [1.165, 1.54) is 38.5 Å². The molecule has 0 aromatic carbocycles. The molecular weight excluding hydrogens is 775 g/mol. The Morgan fingerprint density at radius 1 is 0.600 bits per heavy atom. The number of aliphatic hydroxyl groups is 8. The molecule has 2 saturated heterocycles. The van der Waals surface area contributed by atoms with Gasteiger partial charge in [0.05, 0.1) is 32.0 Å². The number of hydrogen-bond acceptors (Lipinski definition) is 13. The van der Waals surface area contributed by atoms with Crippen molar-refractivity contribution in [1.29, 1.82) is 0 Å². The van der Waals surface area contributed by atoms with Crippen molar-refractivity contribution in [3.05, 3.63) is 36.5 Å². The first-order valence-electron chi connectivity index (χ1n) is 23.2. The molecule has 0 aromatic heterocycles. The van der Waals surface area contributed by atoms with Crippen LogP contribution in [0.25, 0.3) is 0 Å². The summed E-state index contributed by atoms with van der Waals surface area (Å²) in [5.41, 5.74) is 0. The van der Waals surface area contributed by atoms with Gasteiger partial charge in [-0.3, -0.25) is 4.79 Å². The van der Waals surface area contributed by atoms with Crippen molar-refractivity contribution in [2.75, 3.05) is 19.8 Å². The number of hydrogen-bond donors (Lipinski definition) is 9. The largest absolute Gasteiger partial charge is 0.394 e. The molecule has 0 aliphatic carbocycles. The monoisotopic (exact) mass is 858 g/mol. The molecule has 0 radical (unpaired) electrons. The first kappa shape index (κ1) is 54.3. The van der Waals surface area contributed by atoms with Gasteiger partial charge in [0.25, 0.3) is 0 Å². The van der Waals surface area contributed by atoms with E-state index in [4.69, 9.17) is 18.9 Å². The van der Waals surface area contributed by atoms with Crippen LogP contribution in [0.1, 0.15) is 155 Å². The van der Waals surface area contributed by atoms with Gasteiger partial charge in [0.2, 0.25) is 5.91 Å². The van der Waals surface area contributed by atoms with Crippen LogP contribution in [0.2, 0.25) is 0 Å². The van der Waals surface area contributed by atoms with Crippen molar-refractivity contribution in [3.8, 4) is 0 Å². The Labute approximate surface area is 360 Å². The van der Waals surface area contributed by atoms with Crippen LogP contribution in [0.4, 0.5) is 0 Å². The second kappa shape index (κ2) is 33.7. The highest BCUT2D eigenvalue weighted by Crippen LogP contribution is 2.30. The molecular formula is C46H83NO13. The third-order valence-corrected chi connectivity index (χ3v) is 11.4. The molecule has 2 rings (SSSR count). The van der Waals surface area contributed by atoms with Gasteiger partial charge in [0, 0.05) is 6.42 Å². The van der Waals surface area contributed by atoms with E-state index < -0.39 is 86.8 Å². The lowest BCUT2D eigenvalue weighted by atomic mass is 9.97. The Hall–Kier alpha value is -1.79. The highest BCUT2D eigenvalue weighted by atomic mass is 16.7. The van der Waals surface area contributed by atoms with Crippen LogP contribution < -0.4 is 5.32 Å². The minimum atomic E-state index is -1.78. The van der Waals surface area contributed by atoms with Crippen LogP contribution in [0, 0.1) is 0 Å². The van der Waals surface area contributed by atoms with Crippen LogP contribution in [-0.4, -0.2) is 140 Å². The average Bonchev–Trinajstić information content (AvgIpc) is 3.24. The topological polar surface area (TPSA) is 228 Å². The third kappa shape index (κ3) is 21.5. The van der Waals surface area contributed by atoms with E-state index in [0.29, 0.717) is 12.8 Å². The Morgan fingerprint density at radius 2 is 1.10 bits per heavy atom. The zero-order valence-electron chi connectivity index (χ0n) is 36.7. The van der Waals surface area contributed by atoms with Crippen LogP contribution in [-0.2, 0) is 23.7 Å². The van der Waals surface area contributed by atoms with Crippen LogP contribution >= 0.6 is 0 Å². The van der Waals surface area contributed by atoms with Crippen molar-refractivity contribution in [2.24, 2.45) is 0 Å². The summed E-state index contributed by atoms with van der Waals surface area (Å²) >= 11 is 0. The van der Waals surface area contributed by atoms with Gasteiger partial charge in [-0.25, -0.2) is 0 Å². The number of unbranched alkanes of at least 4 members (excludes halogenated alkanes) is 15. The number of allylic oxidation sites excluding steroid dienone is 6. The lowest BCUT2D eigenvalue weighted by Gasteiger charge is -2.46. The highest BCUT2D eigenvalue weighted by molar-refractivity contribution is 5.76. The first-order chi connectivity index (χ1) is 29.1. The molecule has 2 fully saturated rings. The molecule has 0 spiro atoms. The van der Waals surface area contributed by atoms with Gasteiger partial charge in [0.1, 0.15) is 48.8 Å². The molecule has 1 amide bonds. The van der Waals surface area contributed by atoms with Crippen molar-refractivity contribution < 1.29 is 64.6 Å². The fourth-order valence-electron chi connectivity index (χ4n) is 7.48. The molecule has 2 aliphatic heterocycles. The molecule has 0 bridgehead atoms. The number of carbonyl (C=O) groups is 1. The quantitative estimate of drug-likeness (QED) is 0.0315. The molecule has 12 unspecified atom stereocenters. The molecule has 14 nitrogen and oxygen atoms in total. The van der Waals surface area contributed by atoms with Gasteiger partial charge in [-0.05, 0) is 51.4 Å². The highest BCUT2D eigenvalue weighted by Gasteiger charge is 2.51. The summed E-state index contributed by atoms with van der Waals surface area (Å²) in [5, 5.41) is 86.2. The lowest BCUT2D eigenvalue weighted by Crippen LogP contribution is -2.65. The van der Waals surface area contributed by atoms with E-state index in [9.17, 15) is 45.6 Å². The molecule has 2 aliphatic rings. The fraction of sp³-hybridized carbons (Fsp3) is 0.848. The number of carbonyl (C=O) groups excluding carboxylic acids is 1. The smallest absolute Gasteiger partial charge is 0.220 e. The number of rotatable bonds is 34. The maximum atomic E-state index is 13.0. The predicted octanol–water partition coefficient (Wildman–Crippen LogP) is 4.76. The molecule has 9 N–H and O–H groups in total. The molecule has 350 valence electrons. The molecule has 12 atom stereocenters. The molecule has 0 saturated carbocycles. The van der Waals surface area contributed by atoms with E-state index in [1.807, 2.05) is 0 Å². The molecule has 2 heterocycles. The summed E-state index contributed by atoms with van der Waals surface area (Å²) < 4.78 is 22.6. The van der Waals surface area contributed by atoms with Crippen molar-refractivity contribution in [2.45, 2.75) is 229 Å². The van der Waals surface area contributed by atoms with Crippen molar-refractivity contribution >= 4 is 5.91 Å². The summed E-state index contributed by atoms with van der Waals surface area (Å²) in [6.45, 7) is 2.70. The first-order valence-corrected chi connectivity index (χ1v) is 23.2. The van der Waals surface area contributed by atoms with Crippen LogP contribution in [0.5, 0.6) is 0 Å². The van der Waals surface area contributed by atoms with E-state index in [2.05, 4.69) is 55.6 Å². The normalized spacial score (nSPS) is 28.6. The Kier molecular flexibility index (Phi) is 30.5. The number of nitrogens with one attached hydrogen (secondary N) is 1. The van der Waals surface area contributed by atoms with Gasteiger partial charge in [-0.2, -0.15) is 0 Å². The summed E-state index contributed by atoms with van der Waals surface area (Å²) in [7, 11) is 0. The fourth-order valence-corrected chi connectivity index (χ4v) is 7.48. The summed E-state index contributed by atoms with van der Waals surface area (Å²) in [6, 6.07) is -0.831. The standard InChI is InChI=1S/C46H83NO13/c1-3-5-7-9-10-11-12-13-14-15-16-17-18-19-20-21-22-23-24-26-28-30-38(51)47-34(35(50)29-27-25-8-6-4-2)33-57-45-43(56)41(54)44(37(32-49)59-45)60-46-42(55)40(53)39(52)36(31-48)58-46/h12-13,15-16,18-19,34-37,39-46,48-50,52-56H,3-11,14,17,20-33H2,1-2H3,(H,47,51)/b13-12-,16-15-,19-18-. The van der Waals surface area contributed by atoms with Crippen LogP contribution in [0.15, 0.2) is 36.5 Å². The van der Waals surface area contributed by atoms with Gasteiger partial charge < -0.3 is 65.1 Å². The van der Waals surface area contributed by atoms with E-state index >= 15 is 0 Å². The molecule has 60 heavy (non-hydrogen) atoms. The average molecular weight is 858 g/mol. The van der Waals surface area contributed by atoms with E-state index in [-0.39, 0.29) is 18.9 Å². The van der Waals surface area contributed by atoms with Gasteiger partial charge in [-0.15, -0.1) is 0 Å². The minimum Gasteiger partial charge on any atom is -0.394 e. The second-order valence-electron chi connectivity index (χ2n) is 16.5. The zero-order chi connectivity index (χ0) is 44.0. The van der Waals surface area contributed by atoms with Crippen molar-refractivity contribution in [1.82, 2.24) is 5.32 Å². The van der Waals surface area contributed by atoms with Gasteiger partial charge in [0.15, 0.2) is 12.6 Å². The maximum absolute atomic E-state index is 13.0. The SMILES string of the molecule is CCCCCCC/C=C\C/C=C\C/C=C\CCCCCCCCC(=O)NC(COC1OC(CO)C(OC2OC(CO)C(O)C(O)C2O)C(O)C1O)C(O)CCCCCCC. The molecule has 0 aromatic rings.